The number of ketones is 1. The van der Waals surface area contributed by atoms with E-state index in [-0.39, 0.29) is 35.5 Å². The van der Waals surface area contributed by atoms with Gasteiger partial charge in [0.1, 0.15) is 5.78 Å². The van der Waals surface area contributed by atoms with Crippen LogP contribution in [-0.4, -0.2) is 32.2 Å². The molecule has 0 radical (unpaired) electrons. The molecule has 2 aromatic carbocycles. The predicted molar refractivity (Wildman–Crippen MR) is 146 cm³/mol. The van der Waals surface area contributed by atoms with Gasteiger partial charge in [0.25, 0.3) is 0 Å². The highest BCUT2D eigenvalue weighted by Gasteiger charge is 2.65. The molecule has 0 aromatic heterocycles. The standard InChI is InChI=1S/C26H28Cl3N3O3S/c1-25(2)17-9-10-26(25,24(33)11-17)15-36(34,35)30-14-20-13-23(16-3-5-18(27)6-4-16)32(31-20)22-8-7-19(28)12-21(22)29/h3-8,12,17,23,30H,9-11,13-15H2,1-2H3. The van der Waals surface area contributed by atoms with Crippen LogP contribution < -0.4 is 9.73 Å². The van der Waals surface area contributed by atoms with Crippen LogP contribution in [0.1, 0.15) is 51.1 Å². The van der Waals surface area contributed by atoms with Crippen molar-refractivity contribution in [2.45, 2.75) is 45.6 Å². The van der Waals surface area contributed by atoms with E-state index in [1.54, 1.807) is 23.2 Å². The number of nitrogens with zero attached hydrogens (tertiary/aromatic N) is 2. The van der Waals surface area contributed by atoms with E-state index in [9.17, 15) is 13.2 Å². The van der Waals surface area contributed by atoms with Gasteiger partial charge in [0, 0.05) is 28.3 Å². The summed E-state index contributed by atoms with van der Waals surface area (Å²) in [6.45, 7) is 4.13. The number of halogens is 3. The molecule has 3 aliphatic rings. The molecule has 0 saturated heterocycles. The Bertz CT molecular complexity index is 1340. The summed E-state index contributed by atoms with van der Waals surface area (Å²) in [6, 6.07) is 12.5. The number of rotatable bonds is 7. The van der Waals surface area contributed by atoms with Crippen LogP contribution in [0.5, 0.6) is 0 Å². The maximum atomic E-state index is 13.2. The van der Waals surface area contributed by atoms with Crippen LogP contribution in [0, 0.1) is 16.7 Å². The lowest BCUT2D eigenvalue weighted by Crippen LogP contribution is -2.46. The van der Waals surface area contributed by atoms with Gasteiger partial charge in [0.15, 0.2) is 0 Å². The topological polar surface area (TPSA) is 78.8 Å². The molecule has 1 aliphatic heterocycles. The van der Waals surface area contributed by atoms with E-state index < -0.39 is 15.4 Å². The Morgan fingerprint density at radius 1 is 1.06 bits per heavy atom. The van der Waals surface area contributed by atoms with E-state index in [1.807, 2.05) is 38.1 Å². The van der Waals surface area contributed by atoms with Crippen molar-refractivity contribution in [3.63, 3.8) is 0 Å². The van der Waals surface area contributed by atoms with E-state index in [2.05, 4.69) is 4.72 Å². The van der Waals surface area contributed by atoms with Crippen molar-refractivity contribution in [2.75, 3.05) is 17.3 Å². The molecule has 3 unspecified atom stereocenters. The highest BCUT2D eigenvalue weighted by Crippen LogP contribution is 2.64. The summed E-state index contributed by atoms with van der Waals surface area (Å²) in [4.78, 5) is 12.8. The molecule has 3 atom stereocenters. The fourth-order valence-corrected chi connectivity index (χ4v) is 8.63. The number of carbonyl (C=O) groups is 1. The molecule has 2 bridgehead atoms. The van der Waals surface area contributed by atoms with Crippen molar-refractivity contribution in [3.05, 3.63) is 63.1 Å². The highest BCUT2D eigenvalue weighted by molar-refractivity contribution is 7.89. The quantitative estimate of drug-likeness (QED) is 0.427. The molecule has 36 heavy (non-hydrogen) atoms. The monoisotopic (exact) mass is 567 g/mol. The van der Waals surface area contributed by atoms with Crippen molar-refractivity contribution in [3.8, 4) is 0 Å². The number of hydrazone groups is 1. The number of anilines is 1. The van der Waals surface area contributed by atoms with Gasteiger partial charge >= 0.3 is 0 Å². The zero-order valence-corrected chi connectivity index (χ0v) is 23.2. The van der Waals surface area contributed by atoms with Gasteiger partial charge < -0.3 is 0 Å². The summed E-state index contributed by atoms with van der Waals surface area (Å²) in [6.07, 6.45) is 2.52. The van der Waals surface area contributed by atoms with E-state index in [4.69, 9.17) is 39.9 Å². The van der Waals surface area contributed by atoms with Gasteiger partial charge in [0.2, 0.25) is 10.0 Å². The summed E-state index contributed by atoms with van der Waals surface area (Å²) in [5.41, 5.74) is 1.19. The van der Waals surface area contributed by atoms with E-state index in [0.29, 0.717) is 45.7 Å². The maximum absolute atomic E-state index is 13.2. The lowest BCUT2D eigenvalue weighted by atomic mass is 9.70. The van der Waals surface area contributed by atoms with Crippen LogP contribution in [0.15, 0.2) is 47.6 Å². The minimum atomic E-state index is -3.72. The van der Waals surface area contributed by atoms with Gasteiger partial charge in [-0.3, -0.25) is 9.80 Å². The lowest BCUT2D eigenvalue weighted by Gasteiger charge is -2.36. The molecule has 1 N–H and O–H groups in total. The number of fused-ring (bicyclic) bond motifs is 2. The molecule has 2 aromatic rings. The maximum Gasteiger partial charge on any atom is 0.212 e. The molecule has 0 spiro atoms. The molecule has 0 amide bonds. The molecule has 2 fully saturated rings. The Labute approximate surface area is 227 Å². The molecule has 1 heterocycles. The van der Waals surface area contributed by atoms with Gasteiger partial charge in [-0.25, -0.2) is 13.1 Å². The summed E-state index contributed by atoms with van der Waals surface area (Å²) >= 11 is 18.7. The second-order valence-electron chi connectivity index (χ2n) is 10.6. The van der Waals surface area contributed by atoms with Crippen molar-refractivity contribution >= 4 is 62.0 Å². The van der Waals surface area contributed by atoms with Crippen LogP contribution in [0.4, 0.5) is 5.69 Å². The Balaban J connectivity index is 1.37. The Hall–Kier alpha value is -1.64. The summed E-state index contributed by atoms with van der Waals surface area (Å²) in [5, 5.41) is 8.14. The normalized spacial score (nSPS) is 27.1. The average molecular weight is 569 g/mol. The second kappa shape index (κ2) is 9.28. The second-order valence-corrected chi connectivity index (χ2v) is 13.7. The first kappa shape index (κ1) is 26.0. The minimum absolute atomic E-state index is 0.0578. The average Bonchev–Trinajstić information content (AvgIpc) is 3.38. The first-order valence-corrected chi connectivity index (χ1v) is 14.8. The lowest BCUT2D eigenvalue weighted by molar-refractivity contribution is -0.128. The van der Waals surface area contributed by atoms with Gasteiger partial charge in [0.05, 0.1) is 34.8 Å². The molecule has 192 valence electrons. The third-order valence-electron chi connectivity index (χ3n) is 8.46. The number of sulfonamides is 1. The molecular formula is C26H28Cl3N3O3S. The summed E-state index contributed by atoms with van der Waals surface area (Å²) in [7, 11) is -3.72. The van der Waals surface area contributed by atoms with Gasteiger partial charge in [-0.2, -0.15) is 5.10 Å². The number of carbonyl (C=O) groups excluding carboxylic acids is 1. The summed E-state index contributed by atoms with van der Waals surface area (Å²) < 4.78 is 29.1. The fraction of sp³-hybridized carbons (Fsp3) is 0.462. The SMILES string of the molecule is CC1(C)C2CCC1(CS(=O)(=O)NCC1=NN(c3ccc(Cl)cc3Cl)C(c3ccc(Cl)cc3)C1)C(=O)C2. The largest absolute Gasteiger partial charge is 0.299 e. The van der Waals surface area contributed by atoms with Crippen LogP contribution in [0.2, 0.25) is 15.1 Å². The minimum Gasteiger partial charge on any atom is -0.299 e. The van der Waals surface area contributed by atoms with Crippen LogP contribution >= 0.6 is 34.8 Å². The van der Waals surface area contributed by atoms with Gasteiger partial charge in [-0.15, -0.1) is 0 Å². The van der Waals surface area contributed by atoms with Crippen LogP contribution in [0.25, 0.3) is 0 Å². The molecule has 5 rings (SSSR count). The fourth-order valence-electron chi connectivity index (χ4n) is 6.19. The van der Waals surface area contributed by atoms with Crippen molar-refractivity contribution in [1.29, 1.82) is 0 Å². The first-order valence-electron chi connectivity index (χ1n) is 12.0. The number of hydrogen-bond donors (Lipinski definition) is 1. The van der Waals surface area contributed by atoms with E-state index in [1.165, 1.54) is 0 Å². The van der Waals surface area contributed by atoms with Gasteiger partial charge in [-0.05, 0) is 60.1 Å². The van der Waals surface area contributed by atoms with Gasteiger partial charge in [-0.1, -0.05) is 60.8 Å². The zero-order valence-electron chi connectivity index (χ0n) is 20.1. The molecule has 6 nitrogen and oxygen atoms in total. The van der Waals surface area contributed by atoms with Crippen molar-refractivity contribution < 1.29 is 13.2 Å². The molecule has 10 heteroatoms. The smallest absolute Gasteiger partial charge is 0.212 e. The Kier molecular flexibility index (Phi) is 6.70. The van der Waals surface area contributed by atoms with E-state index in [0.717, 1.165) is 12.0 Å². The third-order valence-corrected chi connectivity index (χ3v) is 10.7. The number of nitrogens with one attached hydrogen (secondary N) is 1. The van der Waals surface area contributed by atoms with E-state index >= 15 is 0 Å². The number of Topliss-reactive ketones (excluding diaryl/α,β-unsaturated/α-hetero) is 1. The Morgan fingerprint density at radius 3 is 2.36 bits per heavy atom. The van der Waals surface area contributed by atoms with Crippen molar-refractivity contribution in [1.82, 2.24) is 4.72 Å². The predicted octanol–water partition coefficient (Wildman–Crippen LogP) is 6.27. The Morgan fingerprint density at radius 2 is 1.75 bits per heavy atom. The molecule has 2 saturated carbocycles. The summed E-state index contributed by atoms with van der Waals surface area (Å²) in [5.74, 6) is 0.166. The first-order chi connectivity index (χ1) is 16.9. The van der Waals surface area contributed by atoms with Crippen LogP contribution in [0.3, 0.4) is 0 Å². The molecule has 2 aliphatic carbocycles. The highest BCUT2D eigenvalue weighted by atomic mass is 35.5. The third kappa shape index (κ3) is 4.47. The van der Waals surface area contributed by atoms with Crippen molar-refractivity contribution in [2.24, 2.45) is 21.8 Å². The van der Waals surface area contributed by atoms with Crippen LogP contribution in [-0.2, 0) is 14.8 Å². The number of hydrogen-bond acceptors (Lipinski definition) is 5. The number of benzene rings is 2. The molecular weight excluding hydrogens is 541 g/mol. The zero-order chi connectivity index (χ0) is 25.9.